The van der Waals surface area contributed by atoms with E-state index in [0.29, 0.717) is 13.0 Å². The van der Waals surface area contributed by atoms with Gasteiger partial charge in [0.1, 0.15) is 5.75 Å². The van der Waals surface area contributed by atoms with Crippen molar-refractivity contribution in [3.05, 3.63) is 24.3 Å². The van der Waals surface area contributed by atoms with Crippen molar-refractivity contribution in [3.63, 3.8) is 0 Å². The number of ether oxygens (including phenoxy) is 1. The lowest BCUT2D eigenvalue weighted by molar-refractivity contribution is -0.136. The number of hydrogen-bond donors (Lipinski definition) is 0. The highest BCUT2D eigenvalue weighted by molar-refractivity contribution is 7.91. The van der Waals surface area contributed by atoms with Gasteiger partial charge in [-0.05, 0) is 44.5 Å². The molecule has 0 N–H and O–H groups in total. The first kappa shape index (κ1) is 20.9. The maximum atomic E-state index is 12.9. The highest BCUT2D eigenvalue weighted by Crippen LogP contribution is 2.22. The molecule has 0 spiro atoms. The Labute approximate surface area is 168 Å². The zero-order valence-electron chi connectivity index (χ0n) is 17.0. The molecule has 0 saturated carbocycles. The molecule has 156 valence electrons. The van der Waals surface area contributed by atoms with Gasteiger partial charge in [-0.15, -0.1) is 0 Å². The van der Waals surface area contributed by atoms with Gasteiger partial charge in [0.15, 0.2) is 9.84 Å². The molecular formula is C20H31N3O4S. The number of nitrogens with zero attached hydrogens (tertiary/aromatic N) is 3. The lowest BCUT2D eigenvalue weighted by Gasteiger charge is -2.40. The van der Waals surface area contributed by atoms with Gasteiger partial charge in [-0.1, -0.05) is 0 Å². The Bertz CT molecular complexity index is 773. The van der Waals surface area contributed by atoms with E-state index in [1.165, 1.54) is 0 Å². The summed E-state index contributed by atoms with van der Waals surface area (Å²) in [5, 5.41) is 0. The van der Waals surface area contributed by atoms with Crippen LogP contribution in [0.1, 0.15) is 20.3 Å². The zero-order chi connectivity index (χ0) is 20.3. The Hall–Kier alpha value is -1.80. The largest absolute Gasteiger partial charge is 0.494 e. The maximum absolute atomic E-state index is 12.9. The fourth-order valence-corrected chi connectivity index (χ4v) is 5.77. The van der Waals surface area contributed by atoms with Crippen molar-refractivity contribution in [3.8, 4) is 5.75 Å². The minimum atomic E-state index is -2.99. The molecule has 0 aliphatic carbocycles. The first-order chi connectivity index (χ1) is 13.3. The minimum absolute atomic E-state index is 0.0108. The van der Waals surface area contributed by atoms with Crippen molar-refractivity contribution in [2.24, 2.45) is 0 Å². The monoisotopic (exact) mass is 409 g/mol. The van der Waals surface area contributed by atoms with Gasteiger partial charge in [0, 0.05) is 45.0 Å². The van der Waals surface area contributed by atoms with Gasteiger partial charge >= 0.3 is 0 Å². The van der Waals surface area contributed by atoms with E-state index in [1.807, 2.05) is 26.0 Å². The second kappa shape index (κ2) is 8.69. The Balaban J connectivity index is 1.53. The second-order valence-electron chi connectivity index (χ2n) is 7.63. The van der Waals surface area contributed by atoms with Gasteiger partial charge in [-0.2, -0.15) is 0 Å². The summed E-state index contributed by atoms with van der Waals surface area (Å²) in [5.41, 5.74) is 1.16. The number of carbonyl (C=O) groups excluding carboxylic acids is 1. The highest BCUT2D eigenvalue weighted by Gasteiger charge is 2.35. The van der Waals surface area contributed by atoms with Gasteiger partial charge < -0.3 is 14.5 Å². The molecule has 2 saturated heterocycles. The Morgan fingerprint density at radius 1 is 1.21 bits per heavy atom. The van der Waals surface area contributed by atoms with E-state index < -0.39 is 9.84 Å². The smallest absolute Gasteiger partial charge is 0.239 e. The van der Waals surface area contributed by atoms with Crippen LogP contribution in [0.3, 0.4) is 0 Å². The quantitative estimate of drug-likeness (QED) is 0.704. The normalized spacial score (nSPS) is 23.4. The average molecular weight is 410 g/mol. The predicted molar refractivity (Wildman–Crippen MR) is 111 cm³/mol. The molecule has 1 aromatic carbocycles. The van der Waals surface area contributed by atoms with Crippen LogP contribution in [0, 0.1) is 0 Å². The van der Waals surface area contributed by atoms with Crippen LogP contribution in [0.5, 0.6) is 5.75 Å². The number of likely N-dealkylation sites (N-methyl/N-ethyl adjacent to an activating group) is 1. The molecular weight excluding hydrogens is 378 g/mol. The van der Waals surface area contributed by atoms with E-state index >= 15 is 0 Å². The molecule has 0 aromatic heterocycles. The van der Waals surface area contributed by atoms with Crippen LogP contribution in [0.15, 0.2) is 24.3 Å². The molecule has 0 radical (unpaired) electrons. The fraction of sp³-hybridized carbons (Fsp3) is 0.650. The standard InChI is InChI=1S/C20H31N3O4S/c1-4-27-19-7-5-17(6-8-19)23-12-10-22(11-13-23)16(2)20(24)21(3)18-9-14-28(25,26)15-18/h5-8,16,18H,4,9-15H2,1-3H3/t16-,18+/m1/s1. The molecule has 0 bridgehead atoms. The summed E-state index contributed by atoms with van der Waals surface area (Å²) in [7, 11) is -1.26. The van der Waals surface area contributed by atoms with Crippen molar-refractivity contribution < 1.29 is 17.9 Å². The summed E-state index contributed by atoms with van der Waals surface area (Å²) in [6.45, 7) is 7.87. The summed E-state index contributed by atoms with van der Waals surface area (Å²) < 4.78 is 28.9. The molecule has 7 nitrogen and oxygen atoms in total. The van der Waals surface area contributed by atoms with Crippen molar-refractivity contribution in [2.75, 3.05) is 56.2 Å². The number of hydrogen-bond acceptors (Lipinski definition) is 6. The topological polar surface area (TPSA) is 70.2 Å². The van der Waals surface area contributed by atoms with Crippen LogP contribution in [0.2, 0.25) is 0 Å². The summed E-state index contributed by atoms with van der Waals surface area (Å²) in [6, 6.07) is 7.69. The Morgan fingerprint density at radius 2 is 1.86 bits per heavy atom. The van der Waals surface area contributed by atoms with Gasteiger partial charge in [-0.3, -0.25) is 9.69 Å². The Morgan fingerprint density at radius 3 is 2.39 bits per heavy atom. The van der Waals surface area contributed by atoms with Crippen molar-refractivity contribution in [1.29, 1.82) is 0 Å². The van der Waals surface area contributed by atoms with E-state index in [4.69, 9.17) is 4.74 Å². The van der Waals surface area contributed by atoms with Crippen LogP contribution in [0.25, 0.3) is 0 Å². The molecule has 2 heterocycles. The molecule has 2 atom stereocenters. The summed E-state index contributed by atoms with van der Waals surface area (Å²) in [6.07, 6.45) is 0.544. The molecule has 0 unspecified atom stereocenters. The first-order valence-electron chi connectivity index (χ1n) is 9.99. The van der Waals surface area contributed by atoms with Crippen LogP contribution in [-0.4, -0.2) is 87.5 Å². The molecule has 3 rings (SSSR count). The van der Waals surface area contributed by atoms with Crippen LogP contribution in [0.4, 0.5) is 5.69 Å². The lowest BCUT2D eigenvalue weighted by Crippen LogP contribution is -2.55. The van der Waals surface area contributed by atoms with Crippen LogP contribution < -0.4 is 9.64 Å². The van der Waals surface area contributed by atoms with Gasteiger partial charge in [0.2, 0.25) is 5.91 Å². The highest BCUT2D eigenvalue weighted by atomic mass is 32.2. The van der Waals surface area contributed by atoms with E-state index in [2.05, 4.69) is 21.9 Å². The van der Waals surface area contributed by atoms with Crippen molar-refractivity contribution in [1.82, 2.24) is 9.80 Å². The molecule has 8 heteroatoms. The number of piperazine rings is 1. The summed E-state index contributed by atoms with van der Waals surface area (Å²) in [4.78, 5) is 19.0. The molecule has 2 aliphatic rings. The third-order valence-electron chi connectivity index (χ3n) is 5.84. The van der Waals surface area contributed by atoms with Gasteiger partial charge in [0.05, 0.1) is 24.2 Å². The van der Waals surface area contributed by atoms with Gasteiger partial charge in [0.25, 0.3) is 0 Å². The molecule has 2 fully saturated rings. The summed E-state index contributed by atoms with van der Waals surface area (Å²) >= 11 is 0. The first-order valence-corrected chi connectivity index (χ1v) is 11.8. The van der Waals surface area contributed by atoms with Crippen LogP contribution in [-0.2, 0) is 14.6 Å². The third kappa shape index (κ3) is 4.78. The van der Waals surface area contributed by atoms with E-state index in [1.54, 1.807) is 11.9 Å². The maximum Gasteiger partial charge on any atom is 0.239 e. The molecule has 1 aromatic rings. The van der Waals surface area contributed by atoms with Crippen LogP contribution >= 0.6 is 0 Å². The number of benzene rings is 1. The van der Waals surface area contributed by atoms with E-state index in [9.17, 15) is 13.2 Å². The third-order valence-corrected chi connectivity index (χ3v) is 7.59. The summed E-state index contributed by atoms with van der Waals surface area (Å²) in [5.74, 6) is 1.16. The minimum Gasteiger partial charge on any atom is -0.494 e. The number of sulfone groups is 1. The zero-order valence-corrected chi connectivity index (χ0v) is 17.8. The fourth-order valence-electron chi connectivity index (χ4n) is 4.00. The molecule has 28 heavy (non-hydrogen) atoms. The predicted octanol–water partition coefficient (Wildman–Crippen LogP) is 1.24. The Kier molecular flexibility index (Phi) is 6.50. The average Bonchev–Trinajstić information content (AvgIpc) is 3.07. The van der Waals surface area contributed by atoms with E-state index in [0.717, 1.165) is 37.6 Å². The number of carbonyl (C=O) groups is 1. The lowest BCUT2D eigenvalue weighted by atomic mass is 10.1. The van der Waals surface area contributed by atoms with E-state index in [-0.39, 0.29) is 29.5 Å². The SMILES string of the molecule is CCOc1ccc(N2CCN([C@H](C)C(=O)N(C)[C@H]3CCS(=O)(=O)C3)CC2)cc1. The second-order valence-corrected chi connectivity index (χ2v) is 9.86. The number of rotatable bonds is 6. The van der Waals surface area contributed by atoms with Crippen molar-refractivity contribution in [2.45, 2.75) is 32.4 Å². The number of amides is 1. The molecule has 2 aliphatic heterocycles. The van der Waals surface area contributed by atoms with Gasteiger partial charge in [-0.25, -0.2) is 8.42 Å². The molecule has 1 amide bonds. The van der Waals surface area contributed by atoms with Crippen molar-refractivity contribution >= 4 is 21.4 Å². The number of anilines is 1.